The Labute approximate surface area is 195 Å². The number of hydrogen-bond acceptors (Lipinski definition) is 6. The van der Waals surface area contributed by atoms with Crippen molar-refractivity contribution in [3.05, 3.63) is 30.3 Å². The summed E-state index contributed by atoms with van der Waals surface area (Å²) < 4.78 is 5.61. The summed E-state index contributed by atoms with van der Waals surface area (Å²) in [6.07, 6.45) is 0.263. The number of anilines is 1. The summed E-state index contributed by atoms with van der Waals surface area (Å²) in [7, 11) is 1.69. The number of carbonyl (C=O) groups excluding carboxylic acids is 3. The fourth-order valence-corrected chi connectivity index (χ4v) is 4.82. The molecule has 3 rings (SSSR count). The third kappa shape index (κ3) is 6.37. The van der Waals surface area contributed by atoms with Crippen LogP contribution in [0.1, 0.15) is 33.1 Å². The second-order valence-corrected chi connectivity index (χ2v) is 9.43. The molecule has 0 bridgehead atoms. The molecule has 1 saturated heterocycles. The number of ether oxygens (including phenoxy) is 1. The molecule has 1 aliphatic carbocycles. The van der Waals surface area contributed by atoms with Gasteiger partial charge in [0.1, 0.15) is 6.10 Å². The Balaban J connectivity index is 1.59. The molecule has 9 heteroatoms. The van der Waals surface area contributed by atoms with E-state index in [9.17, 15) is 19.6 Å². The predicted octanol–water partition coefficient (Wildman–Crippen LogP) is 2.35. The molecule has 0 spiro atoms. The molecule has 0 radical (unpaired) electrons. The number of rotatable bonds is 6. The molecule has 0 aromatic heterocycles. The van der Waals surface area contributed by atoms with Gasteiger partial charge in [0.25, 0.3) is 0 Å². The molecule has 1 aromatic rings. The van der Waals surface area contributed by atoms with Gasteiger partial charge in [0.15, 0.2) is 0 Å². The van der Waals surface area contributed by atoms with Crippen molar-refractivity contribution in [2.45, 2.75) is 39.2 Å². The van der Waals surface area contributed by atoms with Gasteiger partial charge in [0.2, 0.25) is 11.8 Å². The monoisotopic (exact) mass is 460 g/mol. The molecule has 182 valence electrons. The van der Waals surface area contributed by atoms with Crippen molar-refractivity contribution in [2.24, 2.45) is 17.8 Å². The van der Waals surface area contributed by atoms with E-state index in [1.165, 1.54) is 4.90 Å². The molecule has 1 aromatic carbocycles. The van der Waals surface area contributed by atoms with Crippen LogP contribution in [-0.2, 0) is 14.3 Å². The topological polar surface area (TPSA) is 102 Å². The van der Waals surface area contributed by atoms with Crippen molar-refractivity contribution < 1.29 is 24.3 Å². The van der Waals surface area contributed by atoms with Crippen LogP contribution in [0, 0.1) is 17.8 Å². The molecule has 3 unspecified atom stereocenters. The molecule has 3 amide bonds. The minimum absolute atomic E-state index is 0.0713. The number of benzene rings is 1. The zero-order chi connectivity index (χ0) is 24.0. The Morgan fingerprint density at radius 1 is 1.09 bits per heavy atom. The van der Waals surface area contributed by atoms with E-state index >= 15 is 0 Å². The Hall–Kier alpha value is -2.81. The minimum Gasteiger partial charge on any atom is -0.446 e. The lowest BCUT2D eigenvalue weighted by atomic mass is 9.76. The smallest absolute Gasteiger partial charge is 0.409 e. The van der Waals surface area contributed by atoms with Crippen LogP contribution in [0.15, 0.2) is 30.3 Å². The lowest BCUT2D eigenvalue weighted by Gasteiger charge is -2.40. The number of carbonyl (C=O) groups is 3. The highest BCUT2D eigenvalue weighted by molar-refractivity contribution is 5.87. The Morgan fingerprint density at radius 2 is 1.76 bits per heavy atom. The summed E-state index contributed by atoms with van der Waals surface area (Å²) in [6.45, 7) is 7.21. The average Bonchev–Trinajstić information content (AvgIpc) is 2.83. The van der Waals surface area contributed by atoms with E-state index < -0.39 is 29.9 Å². The summed E-state index contributed by atoms with van der Waals surface area (Å²) >= 11 is 0. The van der Waals surface area contributed by atoms with Crippen molar-refractivity contribution in [1.82, 2.24) is 15.3 Å². The normalized spacial score (nSPS) is 23.2. The van der Waals surface area contributed by atoms with E-state index in [0.29, 0.717) is 38.4 Å². The van der Waals surface area contributed by atoms with Crippen LogP contribution < -0.4 is 10.4 Å². The van der Waals surface area contributed by atoms with Gasteiger partial charge in [-0.15, -0.1) is 0 Å². The summed E-state index contributed by atoms with van der Waals surface area (Å²) in [5.74, 6) is -1.64. The van der Waals surface area contributed by atoms with Crippen LogP contribution in [0.25, 0.3) is 0 Å². The maximum atomic E-state index is 13.3. The van der Waals surface area contributed by atoms with Crippen molar-refractivity contribution >= 4 is 23.6 Å². The van der Waals surface area contributed by atoms with E-state index in [1.807, 2.05) is 36.9 Å². The van der Waals surface area contributed by atoms with E-state index in [0.717, 1.165) is 18.8 Å². The van der Waals surface area contributed by atoms with Crippen molar-refractivity contribution in [3.63, 3.8) is 0 Å². The molecule has 2 N–H and O–H groups in total. The molecular formula is C24H36N4O5. The third-order valence-corrected chi connectivity index (χ3v) is 6.50. The van der Waals surface area contributed by atoms with E-state index in [1.54, 1.807) is 12.5 Å². The summed E-state index contributed by atoms with van der Waals surface area (Å²) in [4.78, 5) is 43.7. The molecular weight excluding hydrogens is 424 g/mol. The van der Waals surface area contributed by atoms with E-state index in [-0.39, 0.29) is 12.3 Å². The van der Waals surface area contributed by atoms with Gasteiger partial charge < -0.3 is 19.4 Å². The second-order valence-electron chi connectivity index (χ2n) is 9.43. The zero-order valence-electron chi connectivity index (χ0n) is 19.8. The maximum absolute atomic E-state index is 13.3. The molecule has 1 aliphatic heterocycles. The van der Waals surface area contributed by atoms with Crippen LogP contribution in [0.3, 0.4) is 0 Å². The average molecular weight is 461 g/mol. The van der Waals surface area contributed by atoms with Gasteiger partial charge in [-0.1, -0.05) is 32.0 Å². The number of amides is 3. The van der Waals surface area contributed by atoms with Crippen LogP contribution in [-0.4, -0.2) is 78.8 Å². The van der Waals surface area contributed by atoms with Gasteiger partial charge in [-0.05, 0) is 37.3 Å². The number of piperazine rings is 1. The summed E-state index contributed by atoms with van der Waals surface area (Å²) in [5.41, 5.74) is 2.84. The number of hydrogen-bond donors (Lipinski definition) is 2. The Kier molecular flexibility index (Phi) is 8.55. The highest BCUT2D eigenvalue weighted by Gasteiger charge is 2.42. The lowest BCUT2D eigenvalue weighted by molar-refractivity contribution is -0.149. The van der Waals surface area contributed by atoms with Crippen LogP contribution in [0.5, 0.6) is 0 Å². The second kappa shape index (κ2) is 11.4. The van der Waals surface area contributed by atoms with Crippen molar-refractivity contribution in [2.75, 3.05) is 44.7 Å². The molecule has 2 aliphatic rings. The van der Waals surface area contributed by atoms with E-state index in [4.69, 9.17) is 4.74 Å². The summed E-state index contributed by atoms with van der Waals surface area (Å²) in [5, 5.41) is 9.27. The number of nitrogens with zero attached hydrogens (tertiary/aromatic N) is 3. The van der Waals surface area contributed by atoms with Crippen LogP contribution in [0.4, 0.5) is 10.5 Å². The highest BCUT2D eigenvalue weighted by Crippen LogP contribution is 2.34. The largest absolute Gasteiger partial charge is 0.446 e. The first-order valence-corrected chi connectivity index (χ1v) is 11.7. The fraction of sp³-hybridized carbons (Fsp3) is 0.625. The fourth-order valence-electron chi connectivity index (χ4n) is 4.82. The molecule has 9 nitrogen and oxygen atoms in total. The third-order valence-electron chi connectivity index (χ3n) is 6.50. The van der Waals surface area contributed by atoms with Gasteiger partial charge in [-0.2, -0.15) is 0 Å². The minimum atomic E-state index is -0.739. The standard InChI is InChI=1S/C24H36N4O5/c1-17(2)16-26(3)24(31)33-19-9-10-20(21(15-19)22(29)25-32)23(30)28-13-11-27(12-14-28)18-7-5-4-6-8-18/h4-8,17,19-21,32H,9-16H2,1-3H3,(H,25,29). The molecule has 3 atom stereocenters. The molecule has 1 saturated carbocycles. The number of para-hydroxylation sites is 1. The highest BCUT2D eigenvalue weighted by atomic mass is 16.6. The van der Waals surface area contributed by atoms with Gasteiger partial charge in [-0.25, -0.2) is 10.3 Å². The molecule has 1 heterocycles. The van der Waals surface area contributed by atoms with Crippen molar-refractivity contribution in [1.29, 1.82) is 0 Å². The van der Waals surface area contributed by atoms with Gasteiger partial charge in [0.05, 0.1) is 11.8 Å². The lowest BCUT2D eigenvalue weighted by Crippen LogP contribution is -2.53. The zero-order valence-corrected chi connectivity index (χ0v) is 19.8. The summed E-state index contributed by atoms with van der Waals surface area (Å²) in [6, 6.07) is 10.1. The van der Waals surface area contributed by atoms with Gasteiger partial charge in [-0.3, -0.25) is 14.8 Å². The van der Waals surface area contributed by atoms with Crippen LogP contribution in [0.2, 0.25) is 0 Å². The first-order valence-electron chi connectivity index (χ1n) is 11.7. The number of hydroxylamine groups is 1. The Bertz CT molecular complexity index is 810. The van der Waals surface area contributed by atoms with Crippen molar-refractivity contribution in [3.8, 4) is 0 Å². The predicted molar refractivity (Wildman–Crippen MR) is 124 cm³/mol. The first-order chi connectivity index (χ1) is 15.8. The maximum Gasteiger partial charge on any atom is 0.409 e. The quantitative estimate of drug-likeness (QED) is 0.499. The van der Waals surface area contributed by atoms with E-state index in [2.05, 4.69) is 17.0 Å². The van der Waals surface area contributed by atoms with Crippen LogP contribution >= 0.6 is 0 Å². The number of nitrogens with one attached hydrogen (secondary N) is 1. The Morgan fingerprint density at radius 3 is 2.36 bits per heavy atom. The SMILES string of the molecule is CC(C)CN(C)C(=O)OC1CCC(C(=O)N2CCN(c3ccccc3)CC2)C(C(=O)NO)C1. The van der Waals surface area contributed by atoms with Gasteiger partial charge >= 0.3 is 6.09 Å². The van der Waals surface area contributed by atoms with Gasteiger partial charge in [0, 0.05) is 45.5 Å². The molecule has 2 fully saturated rings. The first kappa shape index (κ1) is 24.8. The molecule has 33 heavy (non-hydrogen) atoms.